The maximum Gasteiger partial charge on any atom is 0.290 e. The third-order valence-corrected chi connectivity index (χ3v) is 6.11. The Labute approximate surface area is 167 Å². The maximum absolute atomic E-state index is 12.5. The summed E-state index contributed by atoms with van der Waals surface area (Å²) in [6.07, 6.45) is 8.07. The molecule has 0 spiro atoms. The van der Waals surface area contributed by atoms with E-state index in [0.29, 0.717) is 11.7 Å². The van der Waals surface area contributed by atoms with E-state index in [1.165, 1.54) is 30.4 Å². The minimum Gasteiger partial charge on any atom is -0.351 e. The molecule has 0 unspecified atom stereocenters. The summed E-state index contributed by atoms with van der Waals surface area (Å²) in [7, 11) is 0. The zero-order chi connectivity index (χ0) is 19.3. The number of aromatic nitrogens is 1. The van der Waals surface area contributed by atoms with Crippen LogP contribution in [0.15, 0.2) is 34.9 Å². The second-order valence-electron chi connectivity index (χ2n) is 8.49. The number of carbonyl (C=O) groups excluding carboxylic acids is 1. The summed E-state index contributed by atoms with van der Waals surface area (Å²) >= 11 is 0. The predicted octanol–water partition coefficient (Wildman–Crippen LogP) is 4.43. The van der Waals surface area contributed by atoms with Crippen LogP contribution < -0.4 is 5.32 Å². The number of benzene rings is 1. The molecule has 1 N–H and O–H groups in total. The third kappa shape index (κ3) is 4.82. The van der Waals surface area contributed by atoms with Gasteiger partial charge in [0.05, 0.1) is 5.69 Å². The van der Waals surface area contributed by atoms with E-state index in [9.17, 15) is 4.79 Å². The molecule has 1 aromatic heterocycles. The van der Waals surface area contributed by atoms with Crippen LogP contribution >= 0.6 is 0 Å². The minimum atomic E-state index is -0.113. The van der Waals surface area contributed by atoms with Crippen LogP contribution in [0.5, 0.6) is 0 Å². The Hall–Kier alpha value is -2.14. The van der Waals surface area contributed by atoms with Crippen LogP contribution in [-0.2, 0) is 6.54 Å². The fraction of sp³-hybridized carbons (Fsp3) is 0.565. The summed E-state index contributed by atoms with van der Waals surface area (Å²) in [6.45, 7) is 5.17. The maximum atomic E-state index is 12.5. The third-order valence-electron chi connectivity index (χ3n) is 6.11. The van der Waals surface area contributed by atoms with Gasteiger partial charge in [0, 0.05) is 31.1 Å². The average molecular weight is 382 g/mol. The van der Waals surface area contributed by atoms with Gasteiger partial charge in [-0.3, -0.25) is 9.69 Å². The molecule has 2 aromatic rings. The fourth-order valence-electron chi connectivity index (χ4n) is 4.60. The highest BCUT2D eigenvalue weighted by molar-refractivity contribution is 5.91. The van der Waals surface area contributed by atoms with E-state index in [4.69, 9.17) is 4.52 Å². The summed E-state index contributed by atoms with van der Waals surface area (Å²) in [5.74, 6) is 0.577. The monoisotopic (exact) mass is 381 g/mol. The summed E-state index contributed by atoms with van der Waals surface area (Å²) in [6, 6.07) is 10.9. The van der Waals surface area contributed by atoms with Gasteiger partial charge in [0.2, 0.25) is 5.76 Å². The number of nitrogens with one attached hydrogen (secondary N) is 1. The molecule has 4 rings (SSSR count). The van der Waals surface area contributed by atoms with Crippen LogP contribution in [0.4, 0.5) is 0 Å². The summed E-state index contributed by atoms with van der Waals surface area (Å²) in [5, 5.41) is 7.36. The van der Waals surface area contributed by atoms with Crippen LogP contribution in [0.3, 0.4) is 0 Å². The lowest BCUT2D eigenvalue weighted by atomic mass is 9.94. The predicted molar refractivity (Wildman–Crippen MR) is 109 cm³/mol. The van der Waals surface area contributed by atoms with Crippen molar-refractivity contribution < 1.29 is 9.32 Å². The van der Waals surface area contributed by atoms with Gasteiger partial charge in [-0.15, -0.1) is 0 Å². The Kier molecular flexibility index (Phi) is 6.10. The lowest BCUT2D eigenvalue weighted by Crippen LogP contribution is -2.36. The molecular weight excluding hydrogens is 350 g/mol. The SMILES string of the molecule is Cc1cccc(CN2CCC[C@H](c3cc(C(=O)NC4CCCCC4)on3)C2)c1. The Morgan fingerprint density at radius 1 is 1.18 bits per heavy atom. The summed E-state index contributed by atoms with van der Waals surface area (Å²) in [5.41, 5.74) is 3.58. The number of hydrogen-bond acceptors (Lipinski definition) is 4. The van der Waals surface area contributed by atoms with Crippen LogP contribution in [0.1, 0.15) is 78.2 Å². The van der Waals surface area contributed by atoms with Crippen LogP contribution in [-0.4, -0.2) is 35.1 Å². The van der Waals surface area contributed by atoms with Crippen molar-refractivity contribution in [2.45, 2.75) is 70.4 Å². The number of nitrogens with zero attached hydrogens (tertiary/aromatic N) is 2. The molecule has 1 atom stereocenters. The number of hydrogen-bond donors (Lipinski definition) is 1. The van der Waals surface area contributed by atoms with Crippen LogP contribution in [0.25, 0.3) is 0 Å². The van der Waals surface area contributed by atoms with Gasteiger partial charge in [-0.25, -0.2) is 0 Å². The molecule has 1 saturated heterocycles. The van der Waals surface area contributed by atoms with E-state index in [2.05, 4.69) is 46.6 Å². The zero-order valence-corrected chi connectivity index (χ0v) is 16.8. The molecule has 1 aliphatic heterocycles. The molecule has 150 valence electrons. The highest BCUT2D eigenvalue weighted by Gasteiger charge is 2.26. The average Bonchev–Trinajstić information content (AvgIpc) is 3.20. The van der Waals surface area contributed by atoms with Crippen molar-refractivity contribution in [3.63, 3.8) is 0 Å². The van der Waals surface area contributed by atoms with Crippen molar-refractivity contribution in [2.24, 2.45) is 0 Å². The van der Waals surface area contributed by atoms with Gasteiger partial charge >= 0.3 is 0 Å². The molecule has 5 heteroatoms. The minimum absolute atomic E-state index is 0.113. The van der Waals surface area contributed by atoms with Gasteiger partial charge in [-0.05, 0) is 44.7 Å². The number of likely N-dealkylation sites (tertiary alicyclic amines) is 1. The smallest absolute Gasteiger partial charge is 0.290 e. The van der Waals surface area contributed by atoms with Crippen molar-refractivity contribution in [3.8, 4) is 0 Å². The first kappa shape index (κ1) is 19.2. The molecule has 2 aliphatic rings. The van der Waals surface area contributed by atoms with Crippen LogP contribution in [0.2, 0.25) is 0 Å². The molecule has 2 fully saturated rings. The van der Waals surface area contributed by atoms with Crippen molar-refractivity contribution in [2.75, 3.05) is 13.1 Å². The first-order chi connectivity index (χ1) is 13.7. The van der Waals surface area contributed by atoms with Crippen molar-refractivity contribution in [1.82, 2.24) is 15.4 Å². The van der Waals surface area contributed by atoms with Gasteiger partial charge in [0.15, 0.2) is 0 Å². The van der Waals surface area contributed by atoms with E-state index in [1.54, 1.807) is 0 Å². The number of piperidine rings is 1. The number of amides is 1. The Bertz CT molecular complexity index is 795. The van der Waals surface area contributed by atoms with Gasteiger partial charge in [0.1, 0.15) is 0 Å². The van der Waals surface area contributed by atoms with E-state index in [0.717, 1.165) is 51.0 Å². The first-order valence-electron chi connectivity index (χ1n) is 10.7. The normalized spacial score (nSPS) is 21.5. The number of carbonyl (C=O) groups is 1. The van der Waals surface area contributed by atoms with E-state index >= 15 is 0 Å². The van der Waals surface area contributed by atoms with Gasteiger partial charge < -0.3 is 9.84 Å². The molecule has 28 heavy (non-hydrogen) atoms. The molecule has 5 nitrogen and oxygen atoms in total. The zero-order valence-electron chi connectivity index (χ0n) is 16.8. The molecular formula is C23H31N3O2. The highest BCUT2D eigenvalue weighted by atomic mass is 16.5. The topological polar surface area (TPSA) is 58.4 Å². The quantitative estimate of drug-likeness (QED) is 0.833. The van der Waals surface area contributed by atoms with Crippen LogP contribution in [0, 0.1) is 6.92 Å². The molecule has 0 bridgehead atoms. The molecule has 1 amide bonds. The lowest BCUT2D eigenvalue weighted by Gasteiger charge is -2.31. The van der Waals surface area contributed by atoms with E-state index < -0.39 is 0 Å². The van der Waals surface area contributed by atoms with Gasteiger partial charge in [-0.2, -0.15) is 0 Å². The van der Waals surface area contributed by atoms with E-state index in [1.807, 2.05) is 6.07 Å². The first-order valence-corrected chi connectivity index (χ1v) is 10.7. The molecule has 2 heterocycles. The fourth-order valence-corrected chi connectivity index (χ4v) is 4.60. The largest absolute Gasteiger partial charge is 0.351 e. The second-order valence-corrected chi connectivity index (χ2v) is 8.49. The number of rotatable bonds is 5. The lowest BCUT2D eigenvalue weighted by molar-refractivity contribution is 0.0890. The highest BCUT2D eigenvalue weighted by Crippen LogP contribution is 2.28. The van der Waals surface area contributed by atoms with Crippen molar-refractivity contribution in [3.05, 3.63) is 52.9 Å². The van der Waals surface area contributed by atoms with E-state index in [-0.39, 0.29) is 11.9 Å². The Morgan fingerprint density at radius 3 is 2.86 bits per heavy atom. The van der Waals surface area contributed by atoms with Gasteiger partial charge in [-0.1, -0.05) is 54.2 Å². The summed E-state index contributed by atoms with van der Waals surface area (Å²) in [4.78, 5) is 15.0. The standard InChI is InChI=1S/C23H31N3O2/c1-17-7-5-8-18(13-17)15-26-12-6-9-19(16-26)21-14-22(28-25-21)23(27)24-20-10-3-2-4-11-20/h5,7-8,13-14,19-20H,2-4,6,9-12,15-16H2,1H3,(H,24,27)/t19-/m0/s1. The van der Waals surface area contributed by atoms with Gasteiger partial charge in [0.25, 0.3) is 5.91 Å². The summed E-state index contributed by atoms with van der Waals surface area (Å²) < 4.78 is 5.41. The second kappa shape index (κ2) is 8.91. The van der Waals surface area contributed by atoms with Crippen molar-refractivity contribution in [1.29, 1.82) is 0 Å². The molecule has 0 radical (unpaired) electrons. The number of aryl methyl sites for hydroxylation is 1. The van der Waals surface area contributed by atoms with Crippen molar-refractivity contribution >= 4 is 5.91 Å². The molecule has 1 aromatic carbocycles. The Morgan fingerprint density at radius 2 is 2.04 bits per heavy atom. The molecule has 1 aliphatic carbocycles. The Balaban J connectivity index is 1.35. The molecule has 1 saturated carbocycles.